The van der Waals surface area contributed by atoms with Crippen molar-refractivity contribution in [3.63, 3.8) is 0 Å². The predicted octanol–water partition coefficient (Wildman–Crippen LogP) is 6.25. The monoisotopic (exact) mass is 398 g/mol. The molecule has 0 N–H and O–H groups in total. The van der Waals surface area contributed by atoms with Gasteiger partial charge in [-0.2, -0.15) is 0 Å². The summed E-state index contributed by atoms with van der Waals surface area (Å²) >= 11 is 3.18. The molecule has 1 nitrogen and oxygen atoms in total. The fourth-order valence-electron chi connectivity index (χ4n) is 4.38. The summed E-state index contributed by atoms with van der Waals surface area (Å²) in [6, 6.07) is 35.2. The smallest absolute Gasteiger partial charge is 0.207 e. The third-order valence-electron chi connectivity index (χ3n) is 5.54. The Bertz CT molecular complexity index is 1050. The highest BCUT2D eigenvalue weighted by molar-refractivity contribution is 8.17. The molecule has 0 spiro atoms. The normalized spacial score (nSPS) is 20.5. The molecular weight excluding hydrogens is 380 g/mol. The lowest BCUT2D eigenvalue weighted by molar-refractivity contribution is -0.117. The SMILES string of the molecule is O=C1SC(c2ccccc2)(c2cccs2)C1(c1ccccc1)c1ccccc1. The van der Waals surface area contributed by atoms with Gasteiger partial charge in [0.05, 0.1) is 0 Å². The van der Waals surface area contributed by atoms with Gasteiger partial charge in [-0.25, -0.2) is 0 Å². The molecule has 0 radical (unpaired) electrons. The van der Waals surface area contributed by atoms with Crippen LogP contribution in [0.4, 0.5) is 0 Å². The summed E-state index contributed by atoms with van der Waals surface area (Å²) in [7, 11) is 0. The van der Waals surface area contributed by atoms with Crippen LogP contribution in [0.2, 0.25) is 0 Å². The number of carbonyl (C=O) groups excluding carboxylic acids is 1. The lowest BCUT2D eigenvalue weighted by Gasteiger charge is -2.57. The van der Waals surface area contributed by atoms with Gasteiger partial charge in [-0.3, -0.25) is 4.79 Å². The molecule has 136 valence electrons. The average Bonchev–Trinajstić information content (AvgIpc) is 3.29. The Morgan fingerprint density at radius 3 is 1.50 bits per heavy atom. The van der Waals surface area contributed by atoms with E-state index in [0.29, 0.717) is 0 Å². The number of thiophene rings is 1. The Hall–Kier alpha value is -2.62. The largest absolute Gasteiger partial charge is 0.286 e. The van der Waals surface area contributed by atoms with Gasteiger partial charge >= 0.3 is 0 Å². The molecule has 3 aromatic carbocycles. The van der Waals surface area contributed by atoms with Crippen LogP contribution in [0.1, 0.15) is 21.6 Å². The van der Waals surface area contributed by atoms with Crippen molar-refractivity contribution in [1.29, 1.82) is 0 Å². The van der Waals surface area contributed by atoms with Gasteiger partial charge in [-0.1, -0.05) is 109 Å². The summed E-state index contributed by atoms with van der Waals surface area (Å²) < 4.78 is -0.484. The van der Waals surface area contributed by atoms with Crippen LogP contribution in [-0.2, 0) is 15.0 Å². The number of benzene rings is 3. The van der Waals surface area contributed by atoms with Gasteiger partial charge in [0.2, 0.25) is 5.12 Å². The third-order valence-corrected chi connectivity index (χ3v) is 8.22. The molecule has 1 aliphatic heterocycles. The van der Waals surface area contributed by atoms with E-state index in [1.165, 1.54) is 16.6 Å². The van der Waals surface area contributed by atoms with Crippen LogP contribution in [0.15, 0.2) is 109 Å². The minimum Gasteiger partial charge on any atom is -0.286 e. The van der Waals surface area contributed by atoms with E-state index in [1.807, 2.05) is 42.5 Å². The maximum atomic E-state index is 13.6. The highest BCUT2D eigenvalue weighted by Gasteiger charge is 2.70. The molecular formula is C25H18OS2. The average molecular weight is 399 g/mol. The Labute approximate surface area is 173 Å². The van der Waals surface area contributed by atoms with Gasteiger partial charge < -0.3 is 0 Å². The summed E-state index contributed by atoms with van der Waals surface area (Å²) in [6.45, 7) is 0. The quantitative estimate of drug-likeness (QED) is 0.404. The topological polar surface area (TPSA) is 17.1 Å². The molecule has 1 atom stereocenters. The first-order valence-electron chi connectivity index (χ1n) is 9.24. The van der Waals surface area contributed by atoms with Gasteiger partial charge in [0.15, 0.2) is 0 Å². The summed E-state index contributed by atoms with van der Waals surface area (Å²) in [5.74, 6) is 0. The van der Waals surface area contributed by atoms with Crippen molar-refractivity contribution in [3.8, 4) is 0 Å². The fourth-order valence-corrected chi connectivity index (χ4v) is 7.12. The summed E-state index contributed by atoms with van der Waals surface area (Å²) in [4.78, 5) is 14.8. The Morgan fingerprint density at radius 2 is 1.07 bits per heavy atom. The molecule has 0 saturated carbocycles. The van der Waals surface area contributed by atoms with Crippen LogP contribution < -0.4 is 0 Å². The first kappa shape index (κ1) is 17.5. The molecule has 28 heavy (non-hydrogen) atoms. The zero-order valence-electron chi connectivity index (χ0n) is 15.1. The lowest BCUT2D eigenvalue weighted by atomic mass is 9.62. The minimum atomic E-state index is -0.758. The van der Waals surface area contributed by atoms with Crippen LogP contribution in [0, 0.1) is 0 Å². The summed E-state index contributed by atoms with van der Waals surface area (Å²) in [5, 5.41) is 2.30. The second-order valence-corrected chi connectivity index (χ2v) is 9.03. The molecule has 2 heterocycles. The van der Waals surface area contributed by atoms with Crippen LogP contribution in [-0.4, -0.2) is 5.12 Å². The minimum absolute atomic E-state index is 0.196. The highest BCUT2D eigenvalue weighted by atomic mass is 32.2. The van der Waals surface area contributed by atoms with Crippen molar-refractivity contribution < 1.29 is 4.79 Å². The molecule has 3 heteroatoms. The molecule has 0 amide bonds. The number of rotatable bonds is 4. The third kappa shape index (κ3) is 2.24. The Balaban J connectivity index is 1.90. The highest BCUT2D eigenvalue weighted by Crippen LogP contribution is 2.69. The zero-order chi connectivity index (χ0) is 19.0. The maximum absolute atomic E-state index is 13.6. The van der Waals surface area contributed by atoms with E-state index in [9.17, 15) is 4.79 Å². The molecule has 1 saturated heterocycles. The van der Waals surface area contributed by atoms with E-state index in [4.69, 9.17) is 0 Å². The second kappa shape index (κ2) is 6.77. The molecule has 5 rings (SSSR count). The first-order chi connectivity index (χ1) is 13.8. The van der Waals surface area contributed by atoms with Crippen molar-refractivity contribution in [3.05, 3.63) is 130 Å². The second-order valence-electron chi connectivity index (χ2n) is 6.90. The molecule has 0 aliphatic carbocycles. The molecule has 0 bridgehead atoms. The number of carbonyl (C=O) groups is 1. The number of thioether (sulfide) groups is 1. The van der Waals surface area contributed by atoms with Crippen LogP contribution >= 0.6 is 23.1 Å². The van der Waals surface area contributed by atoms with Crippen molar-refractivity contribution in [2.24, 2.45) is 0 Å². The van der Waals surface area contributed by atoms with Crippen molar-refractivity contribution in [2.45, 2.75) is 10.2 Å². The van der Waals surface area contributed by atoms with Gasteiger partial charge in [0, 0.05) is 4.88 Å². The molecule has 4 aromatic rings. The van der Waals surface area contributed by atoms with Crippen LogP contribution in [0.5, 0.6) is 0 Å². The van der Waals surface area contributed by atoms with E-state index in [2.05, 4.69) is 66.0 Å². The van der Waals surface area contributed by atoms with Crippen molar-refractivity contribution in [2.75, 3.05) is 0 Å². The Kier molecular flexibility index (Phi) is 4.22. The number of hydrogen-bond acceptors (Lipinski definition) is 3. The van der Waals surface area contributed by atoms with E-state index in [-0.39, 0.29) is 5.12 Å². The summed E-state index contributed by atoms with van der Waals surface area (Å²) in [5.41, 5.74) is 2.49. The molecule has 1 unspecified atom stereocenters. The first-order valence-corrected chi connectivity index (χ1v) is 10.9. The van der Waals surface area contributed by atoms with Crippen LogP contribution in [0.3, 0.4) is 0 Å². The van der Waals surface area contributed by atoms with E-state index < -0.39 is 10.2 Å². The zero-order valence-corrected chi connectivity index (χ0v) is 16.8. The Morgan fingerprint density at radius 1 is 0.571 bits per heavy atom. The molecule has 1 fully saturated rings. The van der Waals surface area contributed by atoms with E-state index >= 15 is 0 Å². The van der Waals surface area contributed by atoms with Gasteiger partial charge in [-0.15, -0.1) is 11.3 Å². The van der Waals surface area contributed by atoms with Crippen LogP contribution in [0.25, 0.3) is 0 Å². The maximum Gasteiger partial charge on any atom is 0.207 e. The van der Waals surface area contributed by atoms with E-state index in [0.717, 1.165) is 16.7 Å². The van der Waals surface area contributed by atoms with Crippen molar-refractivity contribution >= 4 is 28.2 Å². The predicted molar refractivity (Wildman–Crippen MR) is 118 cm³/mol. The fraction of sp³-hybridized carbons (Fsp3) is 0.0800. The van der Waals surface area contributed by atoms with Gasteiger partial charge in [0.1, 0.15) is 10.2 Å². The molecule has 1 aromatic heterocycles. The standard InChI is InChI=1S/C25H18OS2/c26-23-24(19-11-4-1-5-12-19,20-13-6-2-7-14-20)25(28-23,22-17-10-18-27-22)21-15-8-3-9-16-21/h1-18H. The molecule has 1 aliphatic rings. The van der Waals surface area contributed by atoms with E-state index in [1.54, 1.807) is 11.3 Å². The summed E-state index contributed by atoms with van der Waals surface area (Å²) in [6.07, 6.45) is 0. The van der Waals surface area contributed by atoms with Gasteiger partial charge in [-0.05, 0) is 28.1 Å². The van der Waals surface area contributed by atoms with Crippen molar-refractivity contribution in [1.82, 2.24) is 0 Å². The lowest BCUT2D eigenvalue weighted by Crippen LogP contribution is -2.62. The number of hydrogen-bond donors (Lipinski definition) is 0. The van der Waals surface area contributed by atoms with Gasteiger partial charge in [0.25, 0.3) is 0 Å².